The maximum absolute atomic E-state index is 2.52. The Hall–Kier alpha value is -0.790. The molecule has 0 aromatic carbocycles. The number of hydrogen-bond acceptors (Lipinski definition) is 0. The molecule has 0 atom stereocenters. The average Bonchev–Trinajstić information content (AvgIpc) is 2.90. The van der Waals surface area contributed by atoms with E-state index in [4.69, 9.17) is 0 Å². The van der Waals surface area contributed by atoms with Crippen molar-refractivity contribution in [2.45, 2.75) is 111 Å². The van der Waals surface area contributed by atoms with Gasteiger partial charge in [-0.25, -0.2) is 9.13 Å². The molecule has 2 nitrogen and oxygen atoms in total. The fourth-order valence-electron chi connectivity index (χ4n) is 3.19. The summed E-state index contributed by atoms with van der Waals surface area (Å²) >= 11 is 0. The summed E-state index contributed by atoms with van der Waals surface area (Å²) in [6.07, 6.45) is 19.5. The zero-order valence-electron chi connectivity index (χ0n) is 15.6. The normalized spacial score (nSPS) is 11.5. The molecule has 1 heterocycles. The highest BCUT2D eigenvalue weighted by atomic mass is 15.2. The van der Waals surface area contributed by atoms with Crippen LogP contribution >= 0.6 is 0 Å². The van der Waals surface area contributed by atoms with E-state index in [2.05, 4.69) is 49.2 Å². The second-order valence-corrected chi connectivity index (χ2v) is 6.99. The van der Waals surface area contributed by atoms with E-state index in [-0.39, 0.29) is 0 Å². The van der Waals surface area contributed by atoms with Crippen LogP contribution in [-0.2, 0) is 13.0 Å². The standard InChI is InChI=1S/C20H39N2/c1-5-7-9-11-12-14-16-21-17-18-22(19(3)4)20(21)15-13-10-8-6-2/h17-19H,5-16H2,1-4H3/q+1. The summed E-state index contributed by atoms with van der Waals surface area (Å²) in [4.78, 5) is 0. The number of hydrogen-bond donors (Lipinski definition) is 0. The molecule has 0 saturated carbocycles. The molecule has 2 heteroatoms. The summed E-state index contributed by atoms with van der Waals surface area (Å²) in [5, 5.41) is 0. The molecule has 0 fully saturated rings. The van der Waals surface area contributed by atoms with Crippen LogP contribution < -0.4 is 4.57 Å². The summed E-state index contributed by atoms with van der Waals surface area (Å²) in [5.74, 6) is 1.54. The first-order valence-electron chi connectivity index (χ1n) is 9.79. The van der Waals surface area contributed by atoms with E-state index in [1.54, 1.807) is 5.82 Å². The predicted molar refractivity (Wildman–Crippen MR) is 96.2 cm³/mol. The van der Waals surface area contributed by atoms with Gasteiger partial charge < -0.3 is 0 Å². The minimum Gasteiger partial charge on any atom is -0.234 e. The maximum Gasteiger partial charge on any atom is 0.256 e. The van der Waals surface area contributed by atoms with Gasteiger partial charge in [-0.05, 0) is 33.1 Å². The Labute approximate surface area is 138 Å². The monoisotopic (exact) mass is 307 g/mol. The van der Waals surface area contributed by atoms with Gasteiger partial charge in [-0.1, -0.05) is 58.8 Å². The van der Waals surface area contributed by atoms with Crippen molar-refractivity contribution in [3.05, 3.63) is 18.2 Å². The lowest BCUT2D eigenvalue weighted by molar-refractivity contribution is -0.704. The molecule has 0 aliphatic carbocycles. The van der Waals surface area contributed by atoms with E-state index < -0.39 is 0 Å². The van der Waals surface area contributed by atoms with Crippen LogP contribution in [0.1, 0.15) is 104 Å². The van der Waals surface area contributed by atoms with Crippen molar-refractivity contribution in [1.82, 2.24) is 4.57 Å². The van der Waals surface area contributed by atoms with Gasteiger partial charge in [0.15, 0.2) is 0 Å². The lowest BCUT2D eigenvalue weighted by atomic mass is 10.1. The van der Waals surface area contributed by atoms with E-state index in [9.17, 15) is 0 Å². The molecule has 0 aliphatic heterocycles. The smallest absolute Gasteiger partial charge is 0.234 e. The number of rotatable bonds is 13. The van der Waals surface area contributed by atoms with Crippen LogP contribution in [0.25, 0.3) is 0 Å². The maximum atomic E-state index is 2.52. The Morgan fingerprint density at radius 3 is 2.09 bits per heavy atom. The molecule has 0 unspecified atom stereocenters. The largest absolute Gasteiger partial charge is 0.256 e. The molecule has 0 N–H and O–H groups in total. The van der Waals surface area contributed by atoms with Gasteiger partial charge in [0.05, 0.1) is 12.6 Å². The second-order valence-electron chi connectivity index (χ2n) is 6.99. The van der Waals surface area contributed by atoms with Crippen LogP contribution in [0.3, 0.4) is 0 Å². The van der Waals surface area contributed by atoms with Gasteiger partial charge in [0.1, 0.15) is 12.4 Å². The lowest BCUT2D eigenvalue weighted by Crippen LogP contribution is -2.37. The SMILES string of the molecule is CCCCCCCC[n+]1ccn(C(C)C)c1CCCCCC. The van der Waals surface area contributed by atoms with E-state index in [0.29, 0.717) is 6.04 Å². The van der Waals surface area contributed by atoms with E-state index in [1.165, 1.54) is 77.2 Å². The van der Waals surface area contributed by atoms with Crippen LogP contribution in [0.2, 0.25) is 0 Å². The molecule has 1 rings (SSSR count). The third-order valence-corrected chi connectivity index (χ3v) is 4.60. The van der Waals surface area contributed by atoms with Crippen LogP contribution in [0.15, 0.2) is 12.4 Å². The Balaban J connectivity index is 2.46. The van der Waals surface area contributed by atoms with E-state index in [0.717, 1.165) is 0 Å². The summed E-state index contributed by atoms with van der Waals surface area (Å²) in [7, 11) is 0. The van der Waals surface area contributed by atoms with Gasteiger partial charge in [0, 0.05) is 6.42 Å². The van der Waals surface area contributed by atoms with Gasteiger partial charge in [0.25, 0.3) is 5.82 Å². The number of imidazole rings is 1. The number of unbranched alkanes of at least 4 members (excludes halogenated alkanes) is 8. The van der Waals surface area contributed by atoms with Crippen LogP contribution in [0.5, 0.6) is 0 Å². The molecule has 0 amide bonds. The summed E-state index contributed by atoms with van der Waals surface area (Å²) in [5.41, 5.74) is 0. The van der Waals surface area contributed by atoms with Gasteiger partial charge in [-0.15, -0.1) is 0 Å². The molecule has 0 spiro atoms. The molecule has 1 aromatic heterocycles. The molecule has 22 heavy (non-hydrogen) atoms. The third kappa shape index (κ3) is 6.98. The third-order valence-electron chi connectivity index (χ3n) is 4.60. The van der Waals surface area contributed by atoms with Crippen molar-refractivity contribution in [1.29, 1.82) is 0 Å². The van der Waals surface area contributed by atoms with Crippen molar-refractivity contribution in [3.8, 4) is 0 Å². The Morgan fingerprint density at radius 2 is 1.45 bits per heavy atom. The van der Waals surface area contributed by atoms with Crippen molar-refractivity contribution in [2.24, 2.45) is 0 Å². The van der Waals surface area contributed by atoms with Crippen molar-refractivity contribution >= 4 is 0 Å². The van der Waals surface area contributed by atoms with Crippen molar-refractivity contribution in [2.75, 3.05) is 0 Å². The first-order valence-corrected chi connectivity index (χ1v) is 9.79. The lowest BCUT2D eigenvalue weighted by Gasteiger charge is -2.08. The number of nitrogens with zero attached hydrogens (tertiary/aromatic N) is 2. The van der Waals surface area contributed by atoms with Crippen molar-refractivity contribution in [3.63, 3.8) is 0 Å². The Morgan fingerprint density at radius 1 is 0.864 bits per heavy atom. The molecule has 128 valence electrons. The molecule has 1 aromatic rings. The number of aromatic nitrogens is 2. The van der Waals surface area contributed by atoms with Crippen LogP contribution in [0.4, 0.5) is 0 Å². The average molecular weight is 308 g/mol. The second kappa shape index (κ2) is 11.7. The number of aryl methyl sites for hydroxylation is 1. The van der Waals surface area contributed by atoms with E-state index in [1.807, 2.05) is 0 Å². The quantitative estimate of drug-likeness (QED) is 0.320. The molecule has 0 aliphatic rings. The molecule has 0 radical (unpaired) electrons. The summed E-state index contributed by atoms with van der Waals surface area (Å²) in [6.45, 7) is 10.4. The zero-order valence-corrected chi connectivity index (χ0v) is 15.6. The molecular weight excluding hydrogens is 268 g/mol. The van der Waals surface area contributed by atoms with Gasteiger partial charge in [0.2, 0.25) is 0 Å². The highest BCUT2D eigenvalue weighted by Crippen LogP contribution is 2.12. The van der Waals surface area contributed by atoms with Crippen LogP contribution in [0, 0.1) is 0 Å². The van der Waals surface area contributed by atoms with E-state index >= 15 is 0 Å². The predicted octanol–water partition coefficient (Wildman–Crippen LogP) is 5.84. The highest BCUT2D eigenvalue weighted by molar-refractivity contribution is 4.86. The minimum absolute atomic E-state index is 0.576. The topological polar surface area (TPSA) is 8.81 Å². The van der Waals surface area contributed by atoms with Crippen LogP contribution in [-0.4, -0.2) is 4.57 Å². The zero-order chi connectivity index (χ0) is 16.2. The summed E-state index contributed by atoms with van der Waals surface area (Å²) in [6, 6.07) is 0.576. The Kier molecular flexibility index (Phi) is 10.3. The fraction of sp³-hybridized carbons (Fsp3) is 0.850. The van der Waals surface area contributed by atoms with Gasteiger partial charge in [-0.3, -0.25) is 0 Å². The first-order chi connectivity index (χ1) is 10.7. The molecule has 0 saturated heterocycles. The summed E-state index contributed by atoms with van der Waals surface area (Å²) < 4.78 is 4.99. The molecular formula is C20H39N2+. The van der Waals surface area contributed by atoms with Gasteiger partial charge >= 0.3 is 0 Å². The fourth-order valence-corrected chi connectivity index (χ4v) is 3.19. The molecule has 0 bridgehead atoms. The first kappa shape index (κ1) is 19.3. The Bertz CT molecular complexity index is 379. The minimum atomic E-state index is 0.576. The highest BCUT2D eigenvalue weighted by Gasteiger charge is 2.18. The van der Waals surface area contributed by atoms with Gasteiger partial charge in [-0.2, -0.15) is 0 Å². The van der Waals surface area contributed by atoms with Crippen molar-refractivity contribution < 1.29 is 4.57 Å².